The van der Waals surface area contributed by atoms with E-state index in [1.807, 2.05) is 20.8 Å². The van der Waals surface area contributed by atoms with Crippen molar-refractivity contribution in [2.45, 2.75) is 52.9 Å². The van der Waals surface area contributed by atoms with E-state index in [0.717, 1.165) is 25.7 Å². The fourth-order valence-corrected chi connectivity index (χ4v) is 2.32. The molecule has 104 valence electrons. The Morgan fingerprint density at radius 3 is 2.33 bits per heavy atom. The number of carbonyl (C=O) groups excluding carboxylic acids is 2. The number of rotatable bonds is 7. The van der Waals surface area contributed by atoms with Crippen LogP contribution >= 0.6 is 0 Å². The number of carbonyl (C=O) groups is 2. The van der Waals surface area contributed by atoms with E-state index in [2.05, 4.69) is 0 Å². The lowest BCUT2D eigenvalue weighted by Crippen LogP contribution is -2.37. The first-order chi connectivity index (χ1) is 8.43. The molecule has 0 aliphatic carbocycles. The summed E-state index contributed by atoms with van der Waals surface area (Å²) in [5.41, 5.74) is -0.512. The highest BCUT2D eigenvalue weighted by atomic mass is 16.3. The van der Waals surface area contributed by atoms with E-state index in [9.17, 15) is 9.59 Å². The third-order valence-corrected chi connectivity index (χ3v) is 4.12. The summed E-state index contributed by atoms with van der Waals surface area (Å²) in [6.07, 6.45) is 3.89. The maximum absolute atomic E-state index is 12.3. The molecular formula is C14H25NO3. The second-order valence-electron chi connectivity index (χ2n) is 5.74. The molecule has 0 bridgehead atoms. The predicted molar refractivity (Wildman–Crippen MR) is 69.8 cm³/mol. The predicted octanol–water partition coefficient (Wildman–Crippen LogP) is 1.96. The summed E-state index contributed by atoms with van der Waals surface area (Å²) < 4.78 is 0. The van der Waals surface area contributed by atoms with E-state index in [0.29, 0.717) is 13.0 Å². The molecule has 0 saturated carbocycles. The van der Waals surface area contributed by atoms with Gasteiger partial charge >= 0.3 is 0 Å². The molecule has 0 radical (unpaired) electrons. The molecule has 1 heterocycles. The van der Waals surface area contributed by atoms with Gasteiger partial charge in [0.05, 0.1) is 5.41 Å². The van der Waals surface area contributed by atoms with Crippen molar-refractivity contribution in [3.8, 4) is 0 Å². The summed E-state index contributed by atoms with van der Waals surface area (Å²) in [5.74, 6) is 0.149. The van der Waals surface area contributed by atoms with E-state index in [1.54, 1.807) is 0 Å². The summed E-state index contributed by atoms with van der Waals surface area (Å²) >= 11 is 0. The first-order valence-electron chi connectivity index (χ1n) is 6.89. The third-order valence-electron chi connectivity index (χ3n) is 4.12. The quantitative estimate of drug-likeness (QED) is 0.559. The van der Waals surface area contributed by atoms with Crippen LogP contribution < -0.4 is 0 Å². The van der Waals surface area contributed by atoms with Crippen LogP contribution in [0.4, 0.5) is 0 Å². The molecule has 1 unspecified atom stereocenters. The molecule has 1 saturated heterocycles. The molecule has 0 aromatic carbocycles. The van der Waals surface area contributed by atoms with Crippen LogP contribution in [0, 0.1) is 11.3 Å². The van der Waals surface area contributed by atoms with Gasteiger partial charge in [0.2, 0.25) is 11.8 Å². The number of imide groups is 1. The summed E-state index contributed by atoms with van der Waals surface area (Å²) in [6.45, 7) is 6.63. The van der Waals surface area contributed by atoms with Crippen LogP contribution in [0.3, 0.4) is 0 Å². The third kappa shape index (κ3) is 3.10. The first-order valence-corrected chi connectivity index (χ1v) is 6.89. The Bertz CT molecular complexity index is 314. The van der Waals surface area contributed by atoms with Crippen molar-refractivity contribution in [3.63, 3.8) is 0 Å². The minimum atomic E-state index is -0.512. The SMILES string of the molecule is CC(C)C1(C)CC(=O)N(CCCCCCO)C1=O. The minimum Gasteiger partial charge on any atom is -0.396 e. The van der Waals surface area contributed by atoms with E-state index < -0.39 is 5.41 Å². The number of unbranched alkanes of at least 4 members (excludes halogenated alkanes) is 3. The molecule has 1 rings (SSSR count). The molecule has 18 heavy (non-hydrogen) atoms. The Hall–Kier alpha value is -0.900. The van der Waals surface area contributed by atoms with Crippen molar-refractivity contribution in [3.05, 3.63) is 0 Å². The number of amides is 2. The fourth-order valence-electron chi connectivity index (χ4n) is 2.32. The minimum absolute atomic E-state index is 0.00958. The van der Waals surface area contributed by atoms with Gasteiger partial charge in [0.1, 0.15) is 0 Å². The molecular weight excluding hydrogens is 230 g/mol. The molecule has 1 fully saturated rings. The van der Waals surface area contributed by atoms with Gasteiger partial charge in [-0.05, 0) is 25.7 Å². The monoisotopic (exact) mass is 255 g/mol. The van der Waals surface area contributed by atoms with Crippen molar-refractivity contribution in [1.82, 2.24) is 4.90 Å². The van der Waals surface area contributed by atoms with Gasteiger partial charge in [-0.25, -0.2) is 0 Å². The highest BCUT2D eigenvalue weighted by Crippen LogP contribution is 2.39. The topological polar surface area (TPSA) is 57.6 Å². The molecule has 1 aliphatic heterocycles. The summed E-state index contributed by atoms with van der Waals surface area (Å²) in [7, 11) is 0. The molecule has 4 heteroatoms. The van der Waals surface area contributed by atoms with Crippen molar-refractivity contribution < 1.29 is 14.7 Å². The number of likely N-dealkylation sites (tertiary alicyclic amines) is 1. The largest absolute Gasteiger partial charge is 0.396 e. The van der Waals surface area contributed by atoms with Crippen LogP contribution in [0.25, 0.3) is 0 Å². The van der Waals surface area contributed by atoms with Gasteiger partial charge in [-0.3, -0.25) is 14.5 Å². The van der Waals surface area contributed by atoms with Crippen LogP contribution in [-0.4, -0.2) is 35.0 Å². The molecule has 0 aromatic rings. The van der Waals surface area contributed by atoms with Crippen LogP contribution in [0.5, 0.6) is 0 Å². The standard InChI is InChI=1S/C14H25NO3/c1-11(2)14(3)10-12(17)15(13(14)18)8-6-4-5-7-9-16/h11,16H,4-10H2,1-3H3. The average Bonchev–Trinajstić information content (AvgIpc) is 2.53. The van der Waals surface area contributed by atoms with Gasteiger partial charge in [-0.2, -0.15) is 0 Å². The Morgan fingerprint density at radius 2 is 1.83 bits per heavy atom. The molecule has 0 aromatic heterocycles. The van der Waals surface area contributed by atoms with Gasteiger partial charge in [0.25, 0.3) is 0 Å². The van der Waals surface area contributed by atoms with Crippen molar-refractivity contribution in [2.75, 3.05) is 13.2 Å². The molecule has 1 atom stereocenters. The van der Waals surface area contributed by atoms with Gasteiger partial charge in [-0.15, -0.1) is 0 Å². The Morgan fingerprint density at radius 1 is 1.22 bits per heavy atom. The number of hydrogen-bond donors (Lipinski definition) is 1. The zero-order valence-corrected chi connectivity index (χ0v) is 11.7. The Labute approximate surface area is 109 Å². The molecule has 0 spiro atoms. The lowest BCUT2D eigenvalue weighted by Gasteiger charge is -2.26. The smallest absolute Gasteiger partial charge is 0.235 e. The van der Waals surface area contributed by atoms with Crippen molar-refractivity contribution in [1.29, 1.82) is 0 Å². The highest BCUT2D eigenvalue weighted by molar-refractivity contribution is 6.05. The zero-order chi connectivity index (χ0) is 13.8. The number of aliphatic hydroxyl groups is 1. The second kappa shape index (κ2) is 6.32. The second-order valence-corrected chi connectivity index (χ2v) is 5.74. The summed E-state index contributed by atoms with van der Waals surface area (Å²) in [4.78, 5) is 25.6. The normalized spacial score (nSPS) is 24.4. The molecule has 2 amide bonds. The lowest BCUT2D eigenvalue weighted by atomic mass is 9.78. The zero-order valence-electron chi connectivity index (χ0n) is 11.7. The van der Waals surface area contributed by atoms with Gasteiger partial charge < -0.3 is 5.11 Å². The number of hydrogen-bond acceptors (Lipinski definition) is 3. The maximum atomic E-state index is 12.3. The van der Waals surface area contributed by atoms with E-state index in [1.165, 1.54) is 4.90 Å². The van der Waals surface area contributed by atoms with Gasteiger partial charge in [0.15, 0.2) is 0 Å². The van der Waals surface area contributed by atoms with Crippen LogP contribution in [-0.2, 0) is 9.59 Å². The first kappa shape index (κ1) is 15.2. The van der Waals surface area contributed by atoms with E-state index in [-0.39, 0.29) is 24.3 Å². The van der Waals surface area contributed by atoms with E-state index in [4.69, 9.17) is 5.11 Å². The van der Waals surface area contributed by atoms with E-state index >= 15 is 0 Å². The van der Waals surface area contributed by atoms with Gasteiger partial charge in [0, 0.05) is 19.6 Å². The maximum Gasteiger partial charge on any atom is 0.235 e. The lowest BCUT2D eigenvalue weighted by molar-refractivity contribution is -0.142. The Kier molecular flexibility index (Phi) is 5.32. The van der Waals surface area contributed by atoms with Gasteiger partial charge in [-0.1, -0.05) is 26.7 Å². The summed E-state index contributed by atoms with van der Waals surface area (Å²) in [5, 5.41) is 8.67. The van der Waals surface area contributed by atoms with Crippen molar-refractivity contribution >= 4 is 11.8 Å². The van der Waals surface area contributed by atoms with Crippen molar-refractivity contribution in [2.24, 2.45) is 11.3 Å². The number of nitrogens with zero attached hydrogens (tertiary/aromatic N) is 1. The number of aliphatic hydroxyl groups excluding tert-OH is 1. The van der Waals surface area contributed by atoms with Crippen LogP contribution in [0.2, 0.25) is 0 Å². The Balaban J connectivity index is 2.47. The average molecular weight is 255 g/mol. The molecule has 1 aliphatic rings. The fraction of sp³-hybridized carbons (Fsp3) is 0.857. The summed E-state index contributed by atoms with van der Waals surface area (Å²) in [6, 6.07) is 0. The highest BCUT2D eigenvalue weighted by Gasteiger charge is 2.49. The molecule has 4 nitrogen and oxygen atoms in total. The van der Waals surface area contributed by atoms with Crippen LogP contribution in [0.15, 0.2) is 0 Å². The molecule has 1 N–H and O–H groups in total. The van der Waals surface area contributed by atoms with Crippen LogP contribution in [0.1, 0.15) is 52.9 Å².